The molecule has 5 heterocycles. The molecule has 0 radical (unpaired) electrons. The summed E-state index contributed by atoms with van der Waals surface area (Å²) in [7, 11) is 0. The highest BCUT2D eigenvalue weighted by molar-refractivity contribution is 6.30. The van der Waals surface area contributed by atoms with Gasteiger partial charge in [-0.3, -0.25) is 0 Å². The van der Waals surface area contributed by atoms with Gasteiger partial charge in [0.1, 0.15) is 29.2 Å². The van der Waals surface area contributed by atoms with E-state index in [2.05, 4.69) is 36.7 Å². The van der Waals surface area contributed by atoms with Gasteiger partial charge in [0.05, 0.1) is 11.4 Å². The Labute approximate surface area is 174 Å². The van der Waals surface area contributed by atoms with Gasteiger partial charge in [-0.2, -0.15) is 0 Å². The topological polar surface area (TPSA) is 78.0 Å². The fraction of sp³-hybridized carbons (Fsp3) is 0.429. The van der Waals surface area contributed by atoms with E-state index in [0.29, 0.717) is 5.15 Å². The van der Waals surface area contributed by atoms with E-state index in [1.165, 1.54) is 5.56 Å². The first-order valence-corrected chi connectivity index (χ1v) is 10.4. The number of hydrogen-bond acceptors (Lipinski definition) is 6. The molecule has 1 N–H and O–H groups in total. The van der Waals surface area contributed by atoms with Crippen LogP contribution in [0.1, 0.15) is 31.0 Å². The van der Waals surface area contributed by atoms with E-state index in [9.17, 15) is 4.79 Å². The Morgan fingerprint density at radius 3 is 2.90 bits per heavy atom. The number of halogens is 1. The van der Waals surface area contributed by atoms with E-state index in [1.54, 1.807) is 6.33 Å². The lowest BCUT2D eigenvalue weighted by Gasteiger charge is -2.39. The average Bonchev–Trinajstić information content (AvgIpc) is 3.20. The maximum absolute atomic E-state index is 11.1. The second-order valence-corrected chi connectivity index (χ2v) is 8.36. The van der Waals surface area contributed by atoms with Gasteiger partial charge in [-0.1, -0.05) is 11.6 Å². The van der Waals surface area contributed by atoms with Gasteiger partial charge >= 0.3 is 0 Å². The van der Waals surface area contributed by atoms with Crippen LogP contribution in [0.2, 0.25) is 5.15 Å². The average molecular weight is 411 g/mol. The van der Waals surface area contributed by atoms with E-state index in [-0.39, 0.29) is 12.0 Å². The molecule has 0 amide bonds. The number of aromatic amines is 1. The number of piperidine rings is 1. The molecule has 3 aromatic heterocycles. The Kier molecular flexibility index (Phi) is 4.62. The highest BCUT2D eigenvalue weighted by Crippen LogP contribution is 2.36. The van der Waals surface area contributed by atoms with Gasteiger partial charge in [0, 0.05) is 55.2 Å². The fourth-order valence-corrected chi connectivity index (χ4v) is 4.75. The summed E-state index contributed by atoms with van der Waals surface area (Å²) in [5.74, 6) is 1.17. The van der Waals surface area contributed by atoms with Crippen molar-refractivity contribution in [2.24, 2.45) is 5.92 Å². The van der Waals surface area contributed by atoms with Crippen LogP contribution < -0.4 is 9.80 Å². The third-order valence-electron chi connectivity index (χ3n) is 6.18. The van der Waals surface area contributed by atoms with E-state index in [0.717, 1.165) is 73.4 Å². The predicted molar refractivity (Wildman–Crippen MR) is 113 cm³/mol. The number of rotatable bonds is 3. The lowest BCUT2D eigenvalue weighted by atomic mass is 9.96. The Morgan fingerprint density at radius 2 is 2.10 bits per heavy atom. The van der Waals surface area contributed by atoms with Crippen molar-refractivity contribution in [2.45, 2.75) is 38.8 Å². The number of nitrogens with one attached hydrogen (secondary N) is 1. The molecule has 1 atom stereocenters. The summed E-state index contributed by atoms with van der Waals surface area (Å²) in [4.78, 5) is 32.6. The number of hydrogen-bond donors (Lipinski definition) is 1. The van der Waals surface area contributed by atoms with E-state index >= 15 is 0 Å². The van der Waals surface area contributed by atoms with Crippen LogP contribution in [0.4, 0.5) is 11.5 Å². The number of carbonyl (C=O) groups excluding carboxylic acids is 1. The van der Waals surface area contributed by atoms with Crippen molar-refractivity contribution in [3.63, 3.8) is 0 Å². The summed E-state index contributed by atoms with van der Waals surface area (Å²) in [6.07, 6.45) is 7.27. The molecule has 1 saturated heterocycles. The first kappa shape index (κ1) is 18.4. The maximum atomic E-state index is 11.1. The van der Waals surface area contributed by atoms with Crippen LogP contribution >= 0.6 is 11.6 Å². The van der Waals surface area contributed by atoms with Crippen LogP contribution in [0.15, 0.2) is 24.7 Å². The van der Waals surface area contributed by atoms with Crippen molar-refractivity contribution < 1.29 is 4.79 Å². The standard InChI is InChI=1S/C21H23ClN6O/c1-13-8-17-16(21(25-12-24-17)27-6-3-14(11-29)4-7-27)10-28(13)18-9-19(22)26-20-15(18)2-5-23-20/h2,5,9,11-14H,3-4,6-8,10H2,1H3,(H,23,26)/t13-/m1/s1. The van der Waals surface area contributed by atoms with E-state index in [4.69, 9.17) is 11.6 Å². The van der Waals surface area contributed by atoms with Crippen molar-refractivity contribution in [3.8, 4) is 0 Å². The maximum Gasteiger partial charge on any atom is 0.141 e. The number of fused-ring (bicyclic) bond motifs is 2. The Morgan fingerprint density at radius 1 is 1.28 bits per heavy atom. The van der Waals surface area contributed by atoms with Crippen molar-refractivity contribution in [3.05, 3.63) is 41.1 Å². The second kappa shape index (κ2) is 7.30. The van der Waals surface area contributed by atoms with Gasteiger partial charge in [-0.05, 0) is 31.9 Å². The number of carbonyl (C=O) groups is 1. The van der Waals surface area contributed by atoms with E-state index < -0.39 is 0 Å². The van der Waals surface area contributed by atoms with Gasteiger partial charge < -0.3 is 19.6 Å². The summed E-state index contributed by atoms with van der Waals surface area (Å²) in [5.41, 5.74) is 4.16. The third kappa shape index (κ3) is 3.23. The molecule has 0 unspecified atom stereocenters. The van der Waals surface area contributed by atoms with Crippen molar-refractivity contribution in [2.75, 3.05) is 22.9 Å². The molecule has 0 spiro atoms. The summed E-state index contributed by atoms with van der Waals surface area (Å²) < 4.78 is 0. The van der Waals surface area contributed by atoms with E-state index in [1.807, 2.05) is 18.3 Å². The van der Waals surface area contributed by atoms with Crippen LogP contribution in [-0.4, -0.2) is 45.4 Å². The molecule has 5 rings (SSSR count). The Balaban J connectivity index is 1.52. The number of anilines is 2. The molecule has 0 aliphatic carbocycles. The van der Waals surface area contributed by atoms with Crippen molar-refractivity contribution >= 4 is 40.4 Å². The highest BCUT2D eigenvalue weighted by atomic mass is 35.5. The molecule has 0 saturated carbocycles. The van der Waals surface area contributed by atoms with Gasteiger partial charge in [0.2, 0.25) is 0 Å². The zero-order valence-electron chi connectivity index (χ0n) is 16.3. The monoisotopic (exact) mass is 410 g/mol. The predicted octanol–water partition coefficient (Wildman–Crippen LogP) is 3.37. The minimum absolute atomic E-state index is 0.168. The van der Waals surface area contributed by atoms with Crippen molar-refractivity contribution in [1.82, 2.24) is 19.9 Å². The molecular weight excluding hydrogens is 388 g/mol. The molecule has 1 fully saturated rings. The highest BCUT2D eigenvalue weighted by Gasteiger charge is 2.31. The van der Waals surface area contributed by atoms with Crippen LogP contribution in [0.5, 0.6) is 0 Å². The van der Waals surface area contributed by atoms with Crippen LogP contribution in [0, 0.1) is 5.92 Å². The number of nitrogens with zero attached hydrogens (tertiary/aromatic N) is 5. The van der Waals surface area contributed by atoms with Crippen LogP contribution in [-0.2, 0) is 17.8 Å². The Hall–Kier alpha value is -2.67. The summed E-state index contributed by atoms with van der Waals surface area (Å²) >= 11 is 6.31. The van der Waals surface area contributed by atoms with Gasteiger partial charge in [0.15, 0.2) is 0 Å². The SMILES string of the molecule is C[C@@H]1Cc2ncnc(N3CCC(C=O)CC3)c2CN1c1cc(Cl)nc2[nH]ccc12. The number of aldehydes is 1. The summed E-state index contributed by atoms with van der Waals surface area (Å²) in [6, 6.07) is 4.27. The summed E-state index contributed by atoms with van der Waals surface area (Å²) in [5, 5.41) is 1.54. The van der Waals surface area contributed by atoms with Crippen LogP contribution in [0.3, 0.4) is 0 Å². The third-order valence-corrected chi connectivity index (χ3v) is 6.37. The van der Waals surface area contributed by atoms with Crippen LogP contribution in [0.25, 0.3) is 11.0 Å². The first-order valence-electron chi connectivity index (χ1n) is 10.1. The minimum Gasteiger partial charge on any atom is -0.363 e. The second-order valence-electron chi connectivity index (χ2n) is 7.97. The zero-order valence-corrected chi connectivity index (χ0v) is 17.1. The minimum atomic E-state index is 0.168. The summed E-state index contributed by atoms with van der Waals surface area (Å²) in [6.45, 7) is 4.64. The fourth-order valence-electron chi connectivity index (χ4n) is 4.56. The molecule has 0 aromatic carbocycles. The van der Waals surface area contributed by atoms with Gasteiger partial charge in [-0.15, -0.1) is 0 Å². The molecule has 8 heteroatoms. The molecule has 2 aliphatic heterocycles. The molecule has 2 aliphatic rings. The number of aromatic nitrogens is 4. The number of pyridine rings is 1. The Bertz CT molecular complexity index is 1060. The quantitative estimate of drug-likeness (QED) is 0.527. The van der Waals surface area contributed by atoms with Crippen molar-refractivity contribution in [1.29, 1.82) is 0 Å². The molecule has 150 valence electrons. The molecule has 29 heavy (non-hydrogen) atoms. The lowest BCUT2D eigenvalue weighted by molar-refractivity contribution is -0.111. The molecule has 3 aromatic rings. The number of H-pyrrole nitrogens is 1. The largest absolute Gasteiger partial charge is 0.363 e. The normalized spacial score (nSPS) is 20.1. The first-order chi connectivity index (χ1) is 14.1. The molecular formula is C21H23ClN6O. The van der Waals surface area contributed by atoms with Gasteiger partial charge in [-0.25, -0.2) is 15.0 Å². The zero-order chi connectivity index (χ0) is 20.0. The molecule has 7 nitrogen and oxygen atoms in total. The van der Waals surface area contributed by atoms with Gasteiger partial charge in [0.25, 0.3) is 0 Å². The molecule has 0 bridgehead atoms. The smallest absolute Gasteiger partial charge is 0.141 e. The lowest BCUT2D eigenvalue weighted by Crippen LogP contribution is -2.41.